The maximum Gasteiger partial charge on any atom is 0.252 e. The summed E-state index contributed by atoms with van der Waals surface area (Å²) >= 11 is 0. The third kappa shape index (κ3) is 3.42. The maximum absolute atomic E-state index is 13.0. The predicted octanol–water partition coefficient (Wildman–Crippen LogP) is 3.81. The summed E-state index contributed by atoms with van der Waals surface area (Å²) in [7, 11) is 0. The van der Waals surface area contributed by atoms with E-state index in [1.807, 2.05) is 61.5 Å². The van der Waals surface area contributed by atoms with Crippen molar-refractivity contribution < 1.29 is 4.79 Å². The summed E-state index contributed by atoms with van der Waals surface area (Å²) < 4.78 is 1.79. The first-order chi connectivity index (χ1) is 13.6. The van der Waals surface area contributed by atoms with E-state index in [1.54, 1.807) is 4.68 Å². The number of aromatic nitrogens is 4. The van der Waals surface area contributed by atoms with Crippen LogP contribution in [0.2, 0.25) is 0 Å². The molecular formula is C22H25N5O. The molecule has 1 aromatic heterocycles. The van der Waals surface area contributed by atoms with Crippen LogP contribution in [0.1, 0.15) is 54.4 Å². The van der Waals surface area contributed by atoms with Crippen LogP contribution in [0.3, 0.4) is 0 Å². The van der Waals surface area contributed by atoms with Crippen LogP contribution in [0.25, 0.3) is 5.69 Å². The highest BCUT2D eigenvalue weighted by molar-refractivity contribution is 5.94. The van der Waals surface area contributed by atoms with Gasteiger partial charge in [0.25, 0.3) is 5.91 Å². The molecule has 1 saturated carbocycles. The van der Waals surface area contributed by atoms with Crippen molar-refractivity contribution in [1.82, 2.24) is 25.5 Å². The topological polar surface area (TPSA) is 72.7 Å². The Hall–Kier alpha value is -3.02. The predicted molar refractivity (Wildman–Crippen MR) is 107 cm³/mol. The molecule has 2 aromatic carbocycles. The number of carbonyl (C=O) groups excluding carboxylic acids is 1. The number of rotatable bonds is 4. The van der Waals surface area contributed by atoms with E-state index in [4.69, 9.17) is 0 Å². The SMILES string of the molecule is Cc1ccccc1-n1nnnc1C1(NC(=O)c2ccccc2)CCC(C)CC1. The second kappa shape index (κ2) is 7.54. The maximum atomic E-state index is 13.0. The zero-order valence-electron chi connectivity index (χ0n) is 16.3. The fourth-order valence-electron chi connectivity index (χ4n) is 3.99. The lowest BCUT2D eigenvalue weighted by molar-refractivity contribution is 0.0836. The van der Waals surface area contributed by atoms with Gasteiger partial charge in [-0.25, -0.2) is 0 Å². The van der Waals surface area contributed by atoms with Crippen molar-refractivity contribution in [1.29, 1.82) is 0 Å². The van der Waals surface area contributed by atoms with Gasteiger partial charge in [0, 0.05) is 5.56 Å². The summed E-state index contributed by atoms with van der Waals surface area (Å²) in [4.78, 5) is 13.0. The highest BCUT2D eigenvalue weighted by Crippen LogP contribution is 2.39. The molecular weight excluding hydrogens is 350 g/mol. The number of aryl methyl sites for hydroxylation is 1. The molecule has 144 valence electrons. The van der Waals surface area contributed by atoms with Crippen LogP contribution in [-0.2, 0) is 5.54 Å². The Labute approximate surface area is 165 Å². The van der Waals surface area contributed by atoms with E-state index in [9.17, 15) is 4.79 Å². The van der Waals surface area contributed by atoms with E-state index < -0.39 is 5.54 Å². The Kier molecular flexibility index (Phi) is 4.94. The number of hydrogen-bond acceptors (Lipinski definition) is 4. The summed E-state index contributed by atoms with van der Waals surface area (Å²) in [6, 6.07) is 17.4. The molecule has 1 N–H and O–H groups in total. The van der Waals surface area contributed by atoms with Gasteiger partial charge in [-0.2, -0.15) is 4.68 Å². The largest absolute Gasteiger partial charge is 0.339 e. The number of para-hydroxylation sites is 1. The van der Waals surface area contributed by atoms with E-state index >= 15 is 0 Å². The lowest BCUT2D eigenvalue weighted by Gasteiger charge is -2.39. The number of tetrazole rings is 1. The first kappa shape index (κ1) is 18.3. The number of benzene rings is 2. The molecule has 0 atom stereocenters. The van der Waals surface area contributed by atoms with Crippen molar-refractivity contribution in [2.45, 2.75) is 45.1 Å². The lowest BCUT2D eigenvalue weighted by Crippen LogP contribution is -2.49. The standard InChI is InChI=1S/C22H25N5O/c1-16-12-14-22(15-13-16,23-20(28)18-9-4-3-5-10-18)21-24-25-26-27(21)19-11-7-6-8-17(19)2/h3-11,16H,12-15H2,1-2H3,(H,23,28). The van der Waals surface area contributed by atoms with Crippen molar-refractivity contribution in [2.24, 2.45) is 5.92 Å². The summed E-state index contributed by atoms with van der Waals surface area (Å²) in [6.45, 7) is 4.30. The van der Waals surface area contributed by atoms with Crippen LogP contribution >= 0.6 is 0 Å². The van der Waals surface area contributed by atoms with Gasteiger partial charge in [-0.05, 0) is 72.7 Å². The number of hydrogen-bond donors (Lipinski definition) is 1. The molecule has 6 heteroatoms. The van der Waals surface area contributed by atoms with E-state index in [0.29, 0.717) is 17.3 Å². The molecule has 3 aromatic rings. The fourth-order valence-corrected chi connectivity index (χ4v) is 3.99. The van der Waals surface area contributed by atoms with Crippen molar-refractivity contribution in [2.75, 3.05) is 0 Å². The minimum atomic E-state index is -0.578. The summed E-state index contributed by atoms with van der Waals surface area (Å²) in [5.41, 5.74) is 2.10. The number of amides is 1. The first-order valence-electron chi connectivity index (χ1n) is 9.81. The molecule has 0 aliphatic heterocycles. The number of carbonyl (C=O) groups is 1. The molecule has 1 heterocycles. The van der Waals surface area contributed by atoms with Crippen molar-refractivity contribution >= 4 is 5.91 Å². The smallest absolute Gasteiger partial charge is 0.252 e. The van der Waals surface area contributed by atoms with Gasteiger partial charge in [0.15, 0.2) is 5.82 Å². The van der Waals surface area contributed by atoms with E-state index in [0.717, 1.165) is 36.9 Å². The molecule has 28 heavy (non-hydrogen) atoms. The molecule has 0 bridgehead atoms. The third-order valence-electron chi connectivity index (χ3n) is 5.76. The van der Waals surface area contributed by atoms with Crippen LogP contribution < -0.4 is 5.32 Å². The number of nitrogens with one attached hydrogen (secondary N) is 1. The van der Waals surface area contributed by atoms with Crippen LogP contribution in [0, 0.1) is 12.8 Å². The molecule has 0 saturated heterocycles. The Morgan fingerprint density at radius 3 is 2.46 bits per heavy atom. The molecule has 1 aliphatic carbocycles. The monoisotopic (exact) mass is 375 g/mol. The molecule has 4 rings (SSSR count). The quantitative estimate of drug-likeness (QED) is 0.753. The van der Waals surface area contributed by atoms with Crippen molar-refractivity contribution in [3.05, 3.63) is 71.5 Å². The van der Waals surface area contributed by atoms with Gasteiger partial charge >= 0.3 is 0 Å². The minimum Gasteiger partial charge on any atom is -0.339 e. The lowest BCUT2D eigenvalue weighted by atomic mass is 9.76. The molecule has 0 radical (unpaired) electrons. The van der Waals surface area contributed by atoms with Crippen molar-refractivity contribution in [3.63, 3.8) is 0 Å². The Bertz CT molecular complexity index is 958. The van der Waals surface area contributed by atoms with E-state index in [1.165, 1.54) is 0 Å². The van der Waals surface area contributed by atoms with Gasteiger partial charge in [0.2, 0.25) is 0 Å². The average molecular weight is 375 g/mol. The van der Waals surface area contributed by atoms with Crippen LogP contribution in [-0.4, -0.2) is 26.1 Å². The zero-order valence-corrected chi connectivity index (χ0v) is 16.3. The molecule has 1 aliphatic rings. The second-order valence-electron chi connectivity index (χ2n) is 7.79. The normalized spacial score (nSPS) is 22.0. The molecule has 1 amide bonds. The molecule has 0 spiro atoms. The van der Waals surface area contributed by atoms with Gasteiger partial charge in [-0.15, -0.1) is 5.10 Å². The van der Waals surface area contributed by atoms with Gasteiger partial charge < -0.3 is 5.32 Å². The van der Waals surface area contributed by atoms with Gasteiger partial charge in [0.1, 0.15) is 5.54 Å². The Morgan fingerprint density at radius 1 is 1.07 bits per heavy atom. The first-order valence-corrected chi connectivity index (χ1v) is 9.81. The van der Waals surface area contributed by atoms with Gasteiger partial charge in [0.05, 0.1) is 5.69 Å². The van der Waals surface area contributed by atoms with E-state index in [2.05, 4.69) is 27.8 Å². The Morgan fingerprint density at radius 2 is 1.75 bits per heavy atom. The second-order valence-corrected chi connectivity index (χ2v) is 7.79. The van der Waals surface area contributed by atoms with Crippen LogP contribution in [0.4, 0.5) is 0 Å². The average Bonchev–Trinajstić information content (AvgIpc) is 3.21. The van der Waals surface area contributed by atoms with Crippen LogP contribution in [0.15, 0.2) is 54.6 Å². The zero-order chi connectivity index (χ0) is 19.6. The summed E-state index contributed by atoms with van der Waals surface area (Å²) in [6.07, 6.45) is 3.68. The molecule has 6 nitrogen and oxygen atoms in total. The highest BCUT2D eigenvalue weighted by Gasteiger charge is 2.42. The van der Waals surface area contributed by atoms with E-state index in [-0.39, 0.29) is 5.91 Å². The molecule has 1 fully saturated rings. The third-order valence-corrected chi connectivity index (χ3v) is 5.76. The number of nitrogens with zero attached hydrogens (tertiary/aromatic N) is 4. The van der Waals surface area contributed by atoms with Crippen molar-refractivity contribution in [3.8, 4) is 5.69 Å². The van der Waals surface area contributed by atoms with Crippen LogP contribution in [0.5, 0.6) is 0 Å². The van der Waals surface area contributed by atoms with Gasteiger partial charge in [-0.1, -0.05) is 43.3 Å². The van der Waals surface area contributed by atoms with Gasteiger partial charge in [-0.3, -0.25) is 4.79 Å². The summed E-state index contributed by atoms with van der Waals surface area (Å²) in [5.74, 6) is 1.25. The Balaban J connectivity index is 1.75. The minimum absolute atomic E-state index is 0.0884. The fraction of sp³-hybridized carbons (Fsp3) is 0.364. The molecule has 0 unspecified atom stereocenters. The summed E-state index contributed by atoms with van der Waals surface area (Å²) in [5, 5.41) is 15.9. The highest BCUT2D eigenvalue weighted by atomic mass is 16.1.